The molecular formula is C11H13N5O2. The van der Waals surface area contributed by atoms with Gasteiger partial charge in [0.05, 0.1) is 0 Å². The topological polar surface area (TPSA) is 93.8 Å². The summed E-state index contributed by atoms with van der Waals surface area (Å²) in [6.45, 7) is 4.91. The van der Waals surface area contributed by atoms with E-state index in [0.717, 1.165) is 5.69 Å². The van der Waals surface area contributed by atoms with Crippen LogP contribution < -0.4 is 0 Å². The standard InChI is InChI=1S/C11H13N5O2/c1-7-5-4-6-8(12-7)9-13-14-15-16(9)11(2,3)10(17)18/h4-6H,1-3H3,(H,17,18). The van der Waals surface area contributed by atoms with E-state index in [2.05, 4.69) is 20.5 Å². The van der Waals surface area contributed by atoms with Crippen LogP contribution >= 0.6 is 0 Å². The van der Waals surface area contributed by atoms with Gasteiger partial charge in [0, 0.05) is 5.69 Å². The number of aliphatic carboxylic acids is 1. The third kappa shape index (κ3) is 1.94. The number of nitrogens with zero attached hydrogens (tertiary/aromatic N) is 5. The van der Waals surface area contributed by atoms with Crippen molar-refractivity contribution in [3.63, 3.8) is 0 Å². The van der Waals surface area contributed by atoms with Crippen molar-refractivity contribution in [3.8, 4) is 11.5 Å². The van der Waals surface area contributed by atoms with Crippen molar-refractivity contribution in [3.05, 3.63) is 23.9 Å². The molecule has 0 bridgehead atoms. The Morgan fingerprint density at radius 1 is 1.39 bits per heavy atom. The molecule has 0 atom stereocenters. The Morgan fingerprint density at radius 2 is 2.11 bits per heavy atom. The summed E-state index contributed by atoms with van der Waals surface area (Å²) in [4.78, 5) is 15.5. The van der Waals surface area contributed by atoms with Gasteiger partial charge < -0.3 is 5.11 Å². The number of carboxylic acid groups (broad SMARTS) is 1. The van der Waals surface area contributed by atoms with Crippen molar-refractivity contribution < 1.29 is 9.90 Å². The van der Waals surface area contributed by atoms with E-state index in [1.54, 1.807) is 6.07 Å². The second-order valence-corrected chi connectivity index (χ2v) is 4.44. The molecule has 0 unspecified atom stereocenters. The molecule has 0 amide bonds. The second kappa shape index (κ2) is 4.17. The summed E-state index contributed by atoms with van der Waals surface area (Å²) < 4.78 is 1.26. The molecule has 0 radical (unpaired) electrons. The fraction of sp³-hybridized carbons (Fsp3) is 0.364. The van der Waals surface area contributed by atoms with Crippen LogP contribution in [0.15, 0.2) is 18.2 Å². The average molecular weight is 247 g/mol. The lowest BCUT2D eigenvalue weighted by Gasteiger charge is -2.20. The number of carboxylic acids is 1. The van der Waals surface area contributed by atoms with Crippen molar-refractivity contribution in [1.29, 1.82) is 0 Å². The maximum absolute atomic E-state index is 11.2. The molecule has 0 saturated carbocycles. The van der Waals surface area contributed by atoms with Gasteiger partial charge in [0.1, 0.15) is 5.69 Å². The van der Waals surface area contributed by atoms with Gasteiger partial charge >= 0.3 is 5.97 Å². The first-order valence-corrected chi connectivity index (χ1v) is 5.39. The van der Waals surface area contributed by atoms with Crippen LogP contribution in [-0.4, -0.2) is 36.3 Å². The molecule has 2 rings (SSSR count). The van der Waals surface area contributed by atoms with Crippen LogP contribution in [0.1, 0.15) is 19.5 Å². The first kappa shape index (κ1) is 12.2. The monoisotopic (exact) mass is 247 g/mol. The zero-order valence-electron chi connectivity index (χ0n) is 10.3. The lowest BCUT2D eigenvalue weighted by Crippen LogP contribution is -2.37. The molecule has 0 fully saturated rings. The lowest BCUT2D eigenvalue weighted by molar-refractivity contribution is -0.146. The molecule has 0 aliphatic carbocycles. The van der Waals surface area contributed by atoms with E-state index in [1.165, 1.54) is 18.5 Å². The Labute approximate surface area is 103 Å². The van der Waals surface area contributed by atoms with Crippen molar-refractivity contribution >= 4 is 5.97 Å². The van der Waals surface area contributed by atoms with Gasteiger partial charge in [0.15, 0.2) is 5.54 Å². The second-order valence-electron chi connectivity index (χ2n) is 4.44. The summed E-state index contributed by atoms with van der Waals surface area (Å²) in [5, 5.41) is 20.3. The highest BCUT2D eigenvalue weighted by molar-refractivity contribution is 5.76. The van der Waals surface area contributed by atoms with Gasteiger partial charge in [-0.25, -0.2) is 14.5 Å². The summed E-state index contributed by atoms with van der Waals surface area (Å²) in [6, 6.07) is 5.41. The van der Waals surface area contributed by atoms with E-state index in [0.29, 0.717) is 11.5 Å². The molecule has 2 aromatic heterocycles. The Morgan fingerprint density at radius 3 is 2.72 bits per heavy atom. The Kier molecular flexibility index (Phi) is 2.82. The Hall–Kier alpha value is -2.31. The molecule has 1 N–H and O–H groups in total. The summed E-state index contributed by atoms with van der Waals surface area (Å²) >= 11 is 0. The van der Waals surface area contributed by atoms with Crippen molar-refractivity contribution in [2.24, 2.45) is 0 Å². The quantitative estimate of drug-likeness (QED) is 0.864. The number of tetrazole rings is 1. The lowest BCUT2D eigenvalue weighted by atomic mass is 10.1. The van der Waals surface area contributed by atoms with Gasteiger partial charge in [-0.3, -0.25) is 0 Å². The third-order valence-corrected chi connectivity index (χ3v) is 2.64. The van der Waals surface area contributed by atoms with Crippen LogP contribution in [0.25, 0.3) is 11.5 Å². The van der Waals surface area contributed by atoms with Gasteiger partial charge in [-0.15, -0.1) is 5.10 Å². The first-order chi connectivity index (χ1) is 8.43. The largest absolute Gasteiger partial charge is 0.479 e. The highest BCUT2D eigenvalue weighted by Crippen LogP contribution is 2.21. The number of aryl methyl sites for hydroxylation is 1. The SMILES string of the molecule is Cc1cccc(-c2nnnn2C(C)(C)C(=O)O)n1. The minimum Gasteiger partial charge on any atom is -0.479 e. The number of aromatic nitrogens is 5. The predicted octanol–water partition coefficient (Wildman–Crippen LogP) is 0.863. The van der Waals surface area contributed by atoms with Crippen molar-refractivity contribution in [2.45, 2.75) is 26.3 Å². The number of hydrogen-bond acceptors (Lipinski definition) is 5. The van der Waals surface area contributed by atoms with Crippen LogP contribution in [0.2, 0.25) is 0 Å². The van der Waals surface area contributed by atoms with E-state index in [9.17, 15) is 9.90 Å². The van der Waals surface area contributed by atoms with Gasteiger partial charge in [-0.05, 0) is 43.3 Å². The molecule has 0 aliphatic rings. The molecule has 0 spiro atoms. The summed E-state index contributed by atoms with van der Waals surface area (Å²) in [7, 11) is 0. The summed E-state index contributed by atoms with van der Waals surface area (Å²) in [5.74, 6) is -0.671. The number of hydrogen-bond donors (Lipinski definition) is 1. The molecule has 7 heteroatoms. The molecule has 0 aromatic carbocycles. The van der Waals surface area contributed by atoms with Gasteiger partial charge in [0.2, 0.25) is 5.82 Å². The van der Waals surface area contributed by atoms with Gasteiger partial charge in [-0.2, -0.15) is 0 Å². The van der Waals surface area contributed by atoms with E-state index < -0.39 is 11.5 Å². The average Bonchev–Trinajstić information content (AvgIpc) is 2.78. The molecule has 7 nitrogen and oxygen atoms in total. The maximum Gasteiger partial charge on any atom is 0.331 e. The third-order valence-electron chi connectivity index (χ3n) is 2.64. The highest BCUT2D eigenvalue weighted by Gasteiger charge is 2.34. The molecule has 0 aliphatic heterocycles. The molecule has 2 heterocycles. The number of pyridine rings is 1. The van der Waals surface area contributed by atoms with Crippen molar-refractivity contribution in [2.75, 3.05) is 0 Å². The van der Waals surface area contributed by atoms with Crippen LogP contribution in [-0.2, 0) is 10.3 Å². The fourth-order valence-corrected chi connectivity index (χ4v) is 1.48. The number of rotatable bonds is 3. The van der Waals surface area contributed by atoms with E-state index >= 15 is 0 Å². The summed E-state index contributed by atoms with van der Waals surface area (Å²) in [6.07, 6.45) is 0. The molecule has 2 aromatic rings. The smallest absolute Gasteiger partial charge is 0.331 e. The van der Waals surface area contributed by atoms with E-state index in [4.69, 9.17) is 0 Å². The van der Waals surface area contributed by atoms with Gasteiger partial charge in [-0.1, -0.05) is 6.07 Å². The number of carbonyl (C=O) groups is 1. The minimum atomic E-state index is -1.23. The van der Waals surface area contributed by atoms with E-state index in [-0.39, 0.29) is 0 Å². The Balaban J connectivity index is 2.55. The normalized spacial score (nSPS) is 11.5. The first-order valence-electron chi connectivity index (χ1n) is 5.39. The zero-order chi connectivity index (χ0) is 13.3. The highest BCUT2D eigenvalue weighted by atomic mass is 16.4. The molecule has 0 saturated heterocycles. The Bertz CT molecular complexity index is 591. The van der Waals surface area contributed by atoms with Crippen molar-refractivity contribution in [1.82, 2.24) is 25.2 Å². The maximum atomic E-state index is 11.2. The minimum absolute atomic E-state index is 0.339. The van der Waals surface area contributed by atoms with Crippen LogP contribution in [0.5, 0.6) is 0 Å². The molecule has 94 valence electrons. The zero-order valence-corrected chi connectivity index (χ0v) is 10.3. The van der Waals surface area contributed by atoms with E-state index in [1.807, 2.05) is 19.1 Å². The van der Waals surface area contributed by atoms with Crippen LogP contribution in [0.3, 0.4) is 0 Å². The fourth-order valence-electron chi connectivity index (χ4n) is 1.48. The summed E-state index contributed by atoms with van der Waals surface area (Å²) in [5.41, 5.74) is 0.133. The van der Waals surface area contributed by atoms with Crippen LogP contribution in [0.4, 0.5) is 0 Å². The molecular weight excluding hydrogens is 234 g/mol. The predicted molar refractivity (Wildman–Crippen MR) is 62.7 cm³/mol. The van der Waals surface area contributed by atoms with Crippen LogP contribution in [0, 0.1) is 6.92 Å². The molecule has 18 heavy (non-hydrogen) atoms. The van der Waals surface area contributed by atoms with Gasteiger partial charge in [0.25, 0.3) is 0 Å².